The Morgan fingerprint density at radius 3 is 2.14 bits per heavy atom. The molecule has 0 heterocycles. The van der Waals surface area contributed by atoms with Gasteiger partial charge in [0.2, 0.25) is 0 Å². The summed E-state index contributed by atoms with van der Waals surface area (Å²) in [7, 11) is 6.36. The molecule has 0 aromatic heterocycles. The van der Waals surface area contributed by atoms with Crippen molar-refractivity contribution in [3.05, 3.63) is 49.0 Å². The first-order valence-corrected chi connectivity index (χ1v) is 21.0. The van der Waals surface area contributed by atoms with Crippen LogP contribution < -0.4 is 11.1 Å². The average Bonchev–Trinajstić information content (AvgIpc) is 3.17. The van der Waals surface area contributed by atoms with Gasteiger partial charge in [-0.25, -0.2) is 9.59 Å². The van der Waals surface area contributed by atoms with Gasteiger partial charge in [0.15, 0.2) is 6.61 Å². The van der Waals surface area contributed by atoms with Gasteiger partial charge in [-0.05, 0) is 150 Å². The van der Waals surface area contributed by atoms with E-state index in [-0.39, 0.29) is 31.6 Å². The molecular weight excluding hydrogens is 752 g/mol. The Balaban J connectivity index is 0.000000307. The fourth-order valence-electron chi connectivity index (χ4n) is 9.78. The fourth-order valence-corrected chi connectivity index (χ4v) is 9.78. The first-order valence-electron chi connectivity index (χ1n) is 25.5. The molecule has 4 bridgehead atoms. The molecule has 0 aromatic carbocycles. The second-order valence-electron chi connectivity index (χ2n) is 19.5. The maximum Gasteiger partial charge on any atom is 0.422 e. The van der Waals surface area contributed by atoms with E-state index in [9.17, 15) is 27.9 Å². The molecule has 8 rings (SSSR count). The Hall–Kier alpha value is -2.53. The van der Waals surface area contributed by atoms with Crippen molar-refractivity contribution in [1.29, 1.82) is 0 Å². The highest BCUT2D eigenvalue weighted by Gasteiger charge is 2.66. The highest BCUT2D eigenvalue weighted by molar-refractivity contribution is 6.12. The van der Waals surface area contributed by atoms with Crippen molar-refractivity contribution in [2.24, 2.45) is 63.9 Å². The molecule has 7 saturated carbocycles. The topological polar surface area (TPSA) is 111 Å². The van der Waals surface area contributed by atoms with Crippen LogP contribution in [0.5, 0.6) is 0 Å². The van der Waals surface area contributed by atoms with E-state index >= 15 is 0 Å². The summed E-state index contributed by atoms with van der Waals surface area (Å²) in [5, 5.41) is 11.7. The summed E-state index contributed by atoms with van der Waals surface area (Å²) in [4.78, 5) is 22.1. The third kappa shape index (κ3) is 15.4. The number of halogens is 3. The summed E-state index contributed by atoms with van der Waals surface area (Å²) in [6.45, 7) is 27.4. The highest BCUT2D eigenvalue weighted by atomic mass is 19.4. The maximum absolute atomic E-state index is 11.7. The molecule has 2 unspecified atom stereocenters. The van der Waals surface area contributed by atoms with Crippen LogP contribution in [0, 0.1) is 58.2 Å². The lowest BCUT2D eigenvalue weighted by Gasteiger charge is -2.72. The molecule has 11 heteroatoms. The summed E-state index contributed by atoms with van der Waals surface area (Å²) in [6.07, 6.45) is 0.225. The number of allylic oxidation sites excluding steroid dienone is 3. The third-order valence-electron chi connectivity index (χ3n) is 13.7. The number of ether oxygens (including phenoxy) is 2. The molecule has 336 valence electrons. The van der Waals surface area contributed by atoms with E-state index in [0.29, 0.717) is 16.6 Å². The van der Waals surface area contributed by atoms with E-state index in [1.807, 2.05) is 13.8 Å². The van der Waals surface area contributed by atoms with Gasteiger partial charge in [-0.3, -0.25) is 0 Å². The van der Waals surface area contributed by atoms with Crippen LogP contribution in [0.1, 0.15) is 153 Å². The van der Waals surface area contributed by atoms with Crippen LogP contribution in [0.3, 0.4) is 0 Å². The van der Waals surface area contributed by atoms with Crippen LogP contribution in [-0.2, 0) is 14.3 Å². The van der Waals surface area contributed by atoms with Gasteiger partial charge < -0.3 is 25.6 Å². The number of alkyl halides is 3. The first-order chi connectivity index (χ1) is 30.5. The summed E-state index contributed by atoms with van der Waals surface area (Å²) in [5.74, 6) is 5.28. The number of nitrogens with two attached hydrogens (primary N) is 1. The Kier molecular flexibility index (Phi) is 14.7. The number of fused-ring (bicyclic) bond motifs is 5. The number of esters is 1. The second-order valence-corrected chi connectivity index (χ2v) is 19.5. The molecule has 7 nitrogen and oxygen atoms in total. The van der Waals surface area contributed by atoms with Crippen molar-refractivity contribution >= 4 is 19.9 Å². The van der Waals surface area contributed by atoms with Crippen LogP contribution in [0.2, 0.25) is 5.82 Å². The molecule has 8 aliphatic carbocycles. The second kappa shape index (κ2) is 22.0. The van der Waals surface area contributed by atoms with Gasteiger partial charge in [-0.15, -0.1) is 0 Å². The smallest absolute Gasteiger partial charge is 0.422 e. The zero-order valence-electron chi connectivity index (χ0n) is 46.6. The van der Waals surface area contributed by atoms with Gasteiger partial charge in [-0.2, -0.15) is 13.2 Å². The number of aliphatic hydroxyl groups excluding tert-OH is 1. The number of alkyl carbamates (subject to hydrolysis) is 1. The van der Waals surface area contributed by atoms with Crippen LogP contribution in [0.25, 0.3) is 0 Å². The Morgan fingerprint density at radius 2 is 1.66 bits per heavy atom. The van der Waals surface area contributed by atoms with Gasteiger partial charge in [-0.1, -0.05) is 96.8 Å². The standard InChI is InChI=1S/C19H31B.C12H21NO2.C7H15NO.C5H5F3O2.C5H8/c1-10-14-6-12(18(14,3)4)7-15(10)19(5)13-8-16(19)11(2)17(20)9-13;1-9-5-7-10(8-6-9)13-11(14)15-12(2,3)4;1-5-2-3-6(8)4-7(5)9;1-2-4(9)10-3-5(6,7)8;1-4-5(2)3/h10-17H,6-9H2,1-5H3;5,10H,6-8H2,1-4H3,(H,13,14);5-7,9H,2-4,8H2,1H3;2H,1,3H2;4H,1-2H2,3H3/t10-,11-,12+,13+,14-,15?,16-,17-,19?;10-;5-,6-,7-;;/m001../s1/i;8D2,10D;3D2,6D;1D2,2D;. The summed E-state index contributed by atoms with van der Waals surface area (Å²) in [5.41, 5.74) is 7.96. The van der Waals surface area contributed by atoms with E-state index < -0.39 is 73.9 Å². The van der Waals surface area contributed by atoms with Crippen molar-refractivity contribution in [3.63, 3.8) is 0 Å². The van der Waals surface area contributed by atoms with E-state index in [2.05, 4.69) is 57.8 Å². The lowest BCUT2D eigenvalue weighted by atomic mass is 9.32. The summed E-state index contributed by atoms with van der Waals surface area (Å²) < 4.78 is 109. The summed E-state index contributed by atoms with van der Waals surface area (Å²) >= 11 is 0. The normalized spacial score (nSPS) is 42.6. The molecule has 7 fully saturated rings. The predicted molar refractivity (Wildman–Crippen MR) is 236 cm³/mol. The van der Waals surface area contributed by atoms with Crippen molar-refractivity contribution < 1.29 is 49.7 Å². The quantitative estimate of drug-likeness (QED) is 0.0836. The molecule has 13 atom stereocenters. The summed E-state index contributed by atoms with van der Waals surface area (Å²) in [6, 6.07) is -4.52. The van der Waals surface area contributed by atoms with Crippen molar-refractivity contribution in [3.8, 4) is 0 Å². The van der Waals surface area contributed by atoms with Crippen LogP contribution in [0.15, 0.2) is 49.0 Å². The lowest BCUT2D eigenvalue weighted by molar-refractivity contribution is -0.227. The monoisotopic (exact) mass is 842 g/mol. The highest BCUT2D eigenvalue weighted by Crippen LogP contribution is 2.74. The minimum Gasteiger partial charge on any atom is -0.453 e. The number of carbonyl (C=O) groups excluding carboxylic acids is 2. The van der Waals surface area contributed by atoms with E-state index in [1.165, 1.54) is 25.7 Å². The molecule has 4 N–H and O–H groups in total. The fraction of sp³-hybridized carbons (Fsp3) is 0.792. The molecular formula is C48H80BF3N2O5. The van der Waals surface area contributed by atoms with E-state index in [0.717, 1.165) is 52.6 Å². The maximum atomic E-state index is 11.7. The van der Waals surface area contributed by atoms with E-state index in [1.54, 1.807) is 39.8 Å². The molecule has 2 radical (unpaired) electrons. The number of rotatable bonds is 5. The Bertz CT molecular complexity index is 1840. The van der Waals surface area contributed by atoms with Gasteiger partial charge in [0.25, 0.3) is 0 Å². The number of hydrogen-bond donors (Lipinski definition) is 3. The van der Waals surface area contributed by atoms with Gasteiger partial charge >= 0.3 is 18.2 Å². The minimum atomic E-state index is -4.67. The molecule has 8 aliphatic rings. The Morgan fingerprint density at radius 1 is 1.08 bits per heavy atom. The third-order valence-corrected chi connectivity index (χ3v) is 13.7. The zero-order chi connectivity index (χ0) is 53.1. The number of amides is 1. The predicted octanol–water partition coefficient (Wildman–Crippen LogP) is 11.5. The SMILES string of the molecule is C=CC(=C)C.[2H]C([2H])=C([2H])C(=O)OCC(F)(F)F.[2H]C1([2H])CC(C)=CC[C@]1([2H])NC(=O)OC(C)(C)C.[2H]C1([2H])C[C@@H](C)[C@H](O)C[C@]1([2H])N.[B][C@H]1C[C@H]2C[C@@H]([C@@H]1C)C2(C)C1C[C@H]2C[C@@H]([C@@H]1C)C2(C)C. The molecule has 0 saturated heterocycles. The van der Waals surface area contributed by atoms with Crippen LogP contribution in [-0.4, -0.2) is 61.5 Å². The van der Waals surface area contributed by atoms with Crippen molar-refractivity contribution in [1.82, 2.24) is 5.32 Å². The zero-order valence-corrected chi connectivity index (χ0v) is 37.6. The van der Waals surface area contributed by atoms with E-state index in [4.69, 9.17) is 30.7 Å². The number of nitrogens with one attached hydrogen (secondary N) is 1. The van der Waals surface area contributed by atoms with Gasteiger partial charge in [0.05, 0.1) is 19.4 Å². The van der Waals surface area contributed by atoms with Gasteiger partial charge in [0, 0.05) is 24.9 Å². The number of carbonyl (C=O) groups is 2. The van der Waals surface area contributed by atoms with Gasteiger partial charge in [0.1, 0.15) is 5.60 Å². The molecule has 0 spiro atoms. The Labute approximate surface area is 370 Å². The molecule has 1 amide bonds. The average molecular weight is 842 g/mol. The minimum absolute atomic E-state index is 0.0150. The molecule has 0 aromatic rings. The first kappa shape index (κ1) is 39.3. The van der Waals surface area contributed by atoms with Crippen LogP contribution in [0.4, 0.5) is 18.0 Å². The van der Waals surface area contributed by atoms with Crippen LogP contribution >= 0.6 is 0 Å². The largest absolute Gasteiger partial charge is 0.453 e. The van der Waals surface area contributed by atoms with Crippen molar-refractivity contribution in [2.45, 2.75) is 176 Å². The molecule has 0 aliphatic heterocycles. The number of aliphatic hydroxyl groups is 1. The lowest BCUT2D eigenvalue weighted by Crippen LogP contribution is -2.65. The number of hydrogen-bond acceptors (Lipinski definition) is 6. The van der Waals surface area contributed by atoms with Crippen molar-refractivity contribution in [2.75, 3.05) is 6.61 Å². The molecule has 59 heavy (non-hydrogen) atoms.